The van der Waals surface area contributed by atoms with Crippen molar-refractivity contribution >= 4 is 29.3 Å². The van der Waals surface area contributed by atoms with Crippen LogP contribution in [-0.4, -0.2) is 30.2 Å². The van der Waals surface area contributed by atoms with E-state index in [1.54, 1.807) is 24.3 Å². The number of hydrogen-bond acceptors (Lipinski definition) is 3. The number of aliphatic imine (C=N–C) groups is 1. The summed E-state index contributed by atoms with van der Waals surface area (Å²) in [7, 11) is 0. The maximum absolute atomic E-state index is 12.1. The van der Waals surface area contributed by atoms with Crippen LogP contribution < -0.4 is 10.6 Å². The highest BCUT2D eigenvalue weighted by molar-refractivity contribution is 6.30. The molecule has 2 amide bonds. The minimum Gasteiger partial charge on any atom is -0.312 e. The summed E-state index contributed by atoms with van der Waals surface area (Å²) in [5.41, 5.74) is 0.594. The Morgan fingerprint density at radius 2 is 1.95 bits per heavy atom. The van der Waals surface area contributed by atoms with Crippen LogP contribution >= 0.6 is 11.6 Å². The molecule has 0 radical (unpaired) electrons. The van der Waals surface area contributed by atoms with E-state index in [2.05, 4.69) is 15.6 Å². The number of amides is 2. The van der Waals surface area contributed by atoms with E-state index in [1.165, 1.54) is 0 Å². The van der Waals surface area contributed by atoms with Crippen molar-refractivity contribution in [2.75, 3.05) is 6.54 Å². The largest absolute Gasteiger partial charge is 0.312 e. The molecule has 0 bridgehead atoms. The molecule has 1 heterocycles. The van der Waals surface area contributed by atoms with Crippen molar-refractivity contribution in [3.63, 3.8) is 0 Å². The second-order valence-electron chi connectivity index (χ2n) is 4.91. The molecule has 1 unspecified atom stereocenters. The number of nitrogens with zero attached hydrogens (tertiary/aromatic N) is 1. The molecule has 2 rings (SSSR count). The van der Waals surface area contributed by atoms with Gasteiger partial charge in [0, 0.05) is 11.1 Å². The van der Waals surface area contributed by atoms with Crippen LogP contribution in [0.4, 0.5) is 0 Å². The summed E-state index contributed by atoms with van der Waals surface area (Å²) in [4.78, 5) is 28.0. The van der Waals surface area contributed by atoms with E-state index in [0.717, 1.165) is 0 Å². The number of halogens is 1. The first kappa shape index (κ1) is 14.7. The summed E-state index contributed by atoms with van der Waals surface area (Å²) >= 11 is 5.80. The molecule has 0 aromatic heterocycles. The van der Waals surface area contributed by atoms with Gasteiger partial charge in [-0.3, -0.25) is 9.59 Å². The highest BCUT2D eigenvalue weighted by Gasteiger charge is 2.33. The molecule has 2 N–H and O–H groups in total. The number of amidine groups is 1. The maximum atomic E-state index is 12.1. The average molecular weight is 294 g/mol. The molecule has 106 valence electrons. The van der Waals surface area contributed by atoms with E-state index in [-0.39, 0.29) is 11.9 Å². The summed E-state index contributed by atoms with van der Waals surface area (Å²) < 4.78 is 0. The van der Waals surface area contributed by atoms with E-state index >= 15 is 0 Å². The molecule has 0 aliphatic carbocycles. The van der Waals surface area contributed by atoms with Crippen LogP contribution in [0.2, 0.25) is 5.02 Å². The van der Waals surface area contributed by atoms with Crippen molar-refractivity contribution in [3.8, 4) is 0 Å². The molecule has 0 saturated carbocycles. The highest BCUT2D eigenvalue weighted by Crippen LogP contribution is 2.22. The van der Waals surface area contributed by atoms with Gasteiger partial charge in [-0.05, 0) is 17.7 Å². The third kappa shape index (κ3) is 3.43. The number of carbonyl (C=O) groups is 2. The molecular weight excluding hydrogens is 278 g/mol. The van der Waals surface area contributed by atoms with Gasteiger partial charge in [0.1, 0.15) is 11.8 Å². The lowest BCUT2D eigenvalue weighted by atomic mass is 9.96. The van der Waals surface area contributed by atoms with Gasteiger partial charge in [-0.2, -0.15) is 4.99 Å². The Labute approximate surface area is 122 Å². The lowest BCUT2D eigenvalue weighted by Crippen LogP contribution is -2.47. The monoisotopic (exact) mass is 293 g/mol. The second-order valence-corrected chi connectivity index (χ2v) is 5.34. The first-order chi connectivity index (χ1) is 9.47. The third-order valence-corrected chi connectivity index (χ3v) is 3.15. The molecule has 1 aromatic carbocycles. The van der Waals surface area contributed by atoms with Gasteiger partial charge in [-0.1, -0.05) is 37.6 Å². The molecule has 1 atom stereocenters. The first-order valence-electron chi connectivity index (χ1n) is 6.38. The topological polar surface area (TPSA) is 70.6 Å². The van der Waals surface area contributed by atoms with Gasteiger partial charge < -0.3 is 10.6 Å². The highest BCUT2D eigenvalue weighted by atomic mass is 35.5. The summed E-state index contributed by atoms with van der Waals surface area (Å²) in [6.07, 6.45) is 0. The Balaban J connectivity index is 2.16. The van der Waals surface area contributed by atoms with Crippen molar-refractivity contribution in [2.45, 2.75) is 25.8 Å². The Kier molecular flexibility index (Phi) is 4.52. The smallest absolute Gasteiger partial charge is 0.264 e. The zero-order valence-electron chi connectivity index (χ0n) is 11.3. The molecule has 0 saturated heterocycles. The van der Waals surface area contributed by atoms with Crippen LogP contribution in [0.1, 0.15) is 25.3 Å². The quantitative estimate of drug-likeness (QED) is 0.826. The molecular formula is C14H16ClN3O2. The van der Waals surface area contributed by atoms with E-state index in [0.29, 0.717) is 23.0 Å². The van der Waals surface area contributed by atoms with Crippen molar-refractivity contribution in [2.24, 2.45) is 4.99 Å². The lowest BCUT2D eigenvalue weighted by Gasteiger charge is -2.21. The van der Waals surface area contributed by atoms with Crippen LogP contribution in [0.15, 0.2) is 29.3 Å². The predicted molar refractivity (Wildman–Crippen MR) is 77.9 cm³/mol. The average Bonchev–Trinajstić information content (AvgIpc) is 2.38. The fraction of sp³-hybridized carbons (Fsp3) is 0.357. The fourth-order valence-electron chi connectivity index (χ4n) is 1.89. The number of carbonyl (C=O) groups excluding carboxylic acids is 2. The normalized spacial score (nSPS) is 19.0. The van der Waals surface area contributed by atoms with Gasteiger partial charge in [0.2, 0.25) is 5.91 Å². The molecule has 5 nitrogen and oxygen atoms in total. The minimum absolute atomic E-state index is 0.249. The lowest BCUT2D eigenvalue weighted by molar-refractivity contribution is -0.129. The first-order valence-corrected chi connectivity index (χ1v) is 6.76. The minimum atomic E-state index is -0.893. The van der Waals surface area contributed by atoms with Crippen molar-refractivity contribution in [3.05, 3.63) is 34.9 Å². The maximum Gasteiger partial charge on any atom is 0.264 e. The number of nitrogens with one attached hydrogen (secondary N) is 2. The van der Waals surface area contributed by atoms with Crippen LogP contribution in [0.5, 0.6) is 0 Å². The summed E-state index contributed by atoms with van der Waals surface area (Å²) in [5.74, 6) is -1.33. The van der Waals surface area contributed by atoms with Crippen molar-refractivity contribution < 1.29 is 9.59 Å². The summed E-state index contributed by atoms with van der Waals surface area (Å²) in [6.45, 7) is 4.32. The van der Waals surface area contributed by atoms with E-state index in [9.17, 15) is 9.59 Å². The van der Waals surface area contributed by atoms with Crippen LogP contribution in [-0.2, 0) is 9.59 Å². The van der Waals surface area contributed by atoms with Gasteiger partial charge in [-0.25, -0.2) is 0 Å². The van der Waals surface area contributed by atoms with E-state index in [4.69, 9.17) is 11.6 Å². The zero-order valence-corrected chi connectivity index (χ0v) is 12.1. The Morgan fingerprint density at radius 3 is 2.50 bits per heavy atom. The van der Waals surface area contributed by atoms with Gasteiger partial charge >= 0.3 is 0 Å². The van der Waals surface area contributed by atoms with Crippen LogP contribution in [0.3, 0.4) is 0 Å². The second kappa shape index (κ2) is 6.15. The van der Waals surface area contributed by atoms with Gasteiger partial charge in [0.15, 0.2) is 0 Å². The van der Waals surface area contributed by atoms with Crippen LogP contribution in [0, 0.1) is 0 Å². The molecule has 6 heteroatoms. The molecule has 0 fully saturated rings. The van der Waals surface area contributed by atoms with E-state index < -0.39 is 11.8 Å². The standard InChI is InChI=1S/C14H16ClN3O2/c1-8(2)16-7-11-17-13(19)12(14(20)18-11)9-3-5-10(15)6-4-9/h3-6,8,12,16H,7H2,1-2H3,(H,17,18,19,20). The molecule has 20 heavy (non-hydrogen) atoms. The molecule has 1 aliphatic rings. The molecule has 1 aromatic rings. The van der Waals surface area contributed by atoms with Gasteiger partial charge in [0.25, 0.3) is 5.91 Å². The van der Waals surface area contributed by atoms with Crippen molar-refractivity contribution in [1.82, 2.24) is 10.6 Å². The SMILES string of the molecule is CC(C)NCC1=NC(=O)C(c2ccc(Cl)cc2)C(=O)N1. The van der Waals surface area contributed by atoms with Gasteiger partial charge in [0.05, 0.1) is 6.54 Å². The van der Waals surface area contributed by atoms with Crippen LogP contribution in [0.25, 0.3) is 0 Å². The van der Waals surface area contributed by atoms with Crippen molar-refractivity contribution in [1.29, 1.82) is 0 Å². The Morgan fingerprint density at radius 1 is 1.30 bits per heavy atom. The zero-order chi connectivity index (χ0) is 14.7. The number of hydrogen-bond donors (Lipinski definition) is 2. The number of rotatable bonds is 4. The Hall–Kier alpha value is -1.72. The van der Waals surface area contributed by atoms with Gasteiger partial charge in [-0.15, -0.1) is 0 Å². The third-order valence-electron chi connectivity index (χ3n) is 2.90. The summed E-state index contributed by atoms with van der Waals surface area (Å²) in [6, 6.07) is 6.88. The van der Waals surface area contributed by atoms with E-state index in [1.807, 2.05) is 13.8 Å². The predicted octanol–water partition coefficient (Wildman–Crippen LogP) is 1.48. The fourth-order valence-corrected chi connectivity index (χ4v) is 2.01. The Bertz CT molecular complexity index is 552. The number of benzene rings is 1. The molecule has 0 spiro atoms. The molecule has 1 aliphatic heterocycles. The summed E-state index contributed by atoms with van der Waals surface area (Å²) in [5, 5.41) is 6.32.